The summed E-state index contributed by atoms with van der Waals surface area (Å²) in [5, 5.41) is 12.1. The average Bonchev–Trinajstić information content (AvgIpc) is 2.67. The van der Waals surface area contributed by atoms with E-state index in [-0.39, 0.29) is 11.9 Å². The molecule has 5 heteroatoms. The highest BCUT2D eigenvalue weighted by atomic mass is 16.4. The van der Waals surface area contributed by atoms with E-state index in [1.807, 2.05) is 13.8 Å². The maximum Gasteiger partial charge on any atom is 0.308 e. The number of carbonyl (C=O) groups excluding carboxylic acids is 1. The smallest absolute Gasteiger partial charge is 0.308 e. The van der Waals surface area contributed by atoms with E-state index in [2.05, 4.69) is 12.2 Å². The Hall–Kier alpha value is -1.10. The summed E-state index contributed by atoms with van der Waals surface area (Å²) in [6.45, 7) is 6.75. The van der Waals surface area contributed by atoms with Crippen LogP contribution < -0.4 is 5.32 Å². The molecule has 5 nitrogen and oxygen atoms in total. The summed E-state index contributed by atoms with van der Waals surface area (Å²) in [4.78, 5) is 24.5. The molecule has 3 unspecified atom stereocenters. The van der Waals surface area contributed by atoms with E-state index in [1.165, 1.54) is 0 Å². The molecule has 1 rings (SSSR count). The number of hydrogen-bond donors (Lipinski definition) is 2. The third kappa shape index (κ3) is 3.43. The summed E-state index contributed by atoms with van der Waals surface area (Å²) in [6, 6.07) is 0.117. The average molecular weight is 242 g/mol. The summed E-state index contributed by atoms with van der Waals surface area (Å²) in [7, 11) is 0. The maximum absolute atomic E-state index is 11.9. The third-order valence-electron chi connectivity index (χ3n) is 3.61. The molecule has 0 radical (unpaired) electrons. The standard InChI is InChI=1S/C12H22N2O3/c1-4-8(2)13-7-11(15)14-6-5-10(9(14)3)12(16)17/h8-10,13H,4-7H2,1-3H3,(H,16,17). The van der Waals surface area contributed by atoms with Crippen LogP contribution in [0.15, 0.2) is 0 Å². The molecule has 3 atom stereocenters. The summed E-state index contributed by atoms with van der Waals surface area (Å²) >= 11 is 0. The number of nitrogens with one attached hydrogen (secondary N) is 1. The highest BCUT2D eigenvalue weighted by molar-refractivity contribution is 5.81. The molecule has 0 saturated carbocycles. The van der Waals surface area contributed by atoms with Crippen LogP contribution in [0.5, 0.6) is 0 Å². The predicted molar refractivity (Wildman–Crippen MR) is 64.7 cm³/mol. The zero-order chi connectivity index (χ0) is 13.0. The van der Waals surface area contributed by atoms with Gasteiger partial charge in [-0.15, -0.1) is 0 Å². The van der Waals surface area contributed by atoms with Crippen molar-refractivity contribution >= 4 is 11.9 Å². The van der Waals surface area contributed by atoms with Crippen molar-refractivity contribution in [3.8, 4) is 0 Å². The number of carboxylic acids is 1. The molecule has 1 aliphatic rings. The minimum absolute atomic E-state index is 0.00144. The van der Waals surface area contributed by atoms with E-state index >= 15 is 0 Å². The first-order chi connectivity index (χ1) is 7.97. The molecule has 1 saturated heterocycles. The van der Waals surface area contributed by atoms with Crippen molar-refractivity contribution in [3.63, 3.8) is 0 Å². The number of aliphatic carboxylic acids is 1. The minimum atomic E-state index is -0.803. The first-order valence-corrected chi connectivity index (χ1v) is 6.23. The van der Waals surface area contributed by atoms with Crippen molar-refractivity contribution in [1.82, 2.24) is 10.2 Å². The zero-order valence-electron chi connectivity index (χ0n) is 10.8. The normalized spacial score (nSPS) is 25.9. The van der Waals surface area contributed by atoms with Gasteiger partial charge in [0.05, 0.1) is 12.5 Å². The summed E-state index contributed by atoms with van der Waals surface area (Å²) in [5.41, 5.74) is 0. The van der Waals surface area contributed by atoms with Gasteiger partial charge in [0.15, 0.2) is 0 Å². The molecule has 0 aromatic rings. The monoisotopic (exact) mass is 242 g/mol. The van der Waals surface area contributed by atoms with Crippen molar-refractivity contribution in [3.05, 3.63) is 0 Å². The lowest BCUT2D eigenvalue weighted by Crippen LogP contribution is -2.43. The van der Waals surface area contributed by atoms with E-state index in [0.29, 0.717) is 25.6 Å². The molecule has 2 N–H and O–H groups in total. The van der Waals surface area contributed by atoms with Gasteiger partial charge in [0.1, 0.15) is 0 Å². The van der Waals surface area contributed by atoms with E-state index in [0.717, 1.165) is 6.42 Å². The van der Waals surface area contributed by atoms with Crippen LogP contribution in [0.25, 0.3) is 0 Å². The molecule has 0 spiro atoms. The lowest BCUT2D eigenvalue weighted by molar-refractivity contribution is -0.143. The molecular weight excluding hydrogens is 220 g/mol. The van der Waals surface area contributed by atoms with Crippen molar-refractivity contribution in [2.45, 2.75) is 45.7 Å². The number of hydrogen-bond acceptors (Lipinski definition) is 3. The summed E-state index contributed by atoms with van der Waals surface area (Å²) in [6.07, 6.45) is 1.53. The Bertz CT molecular complexity index is 293. The van der Waals surface area contributed by atoms with Crippen LogP contribution in [0.2, 0.25) is 0 Å². The van der Waals surface area contributed by atoms with Crippen LogP contribution in [0.4, 0.5) is 0 Å². The van der Waals surface area contributed by atoms with Crippen molar-refractivity contribution in [2.24, 2.45) is 5.92 Å². The first kappa shape index (κ1) is 14.0. The van der Waals surface area contributed by atoms with Gasteiger partial charge in [-0.1, -0.05) is 6.92 Å². The Kier molecular flexibility index (Phi) is 4.93. The Morgan fingerprint density at radius 3 is 2.65 bits per heavy atom. The molecule has 98 valence electrons. The largest absolute Gasteiger partial charge is 0.481 e. The van der Waals surface area contributed by atoms with Gasteiger partial charge in [-0.3, -0.25) is 9.59 Å². The molecule has 1 heterocycles. The number of carboxylic acid groups (broad SMARTS) is 1. The predicted octanol–water partition coefficient (Wildman–Crippen LogP) is 0.696. The van der Waals surface area contributed by atoms with Crippen molar-refractivity contribution in [1.29, 1.82) is 0 Å². The van der Waals surface area contributed by atoms with Gasteiger partial charge in [0.25, 0.3) is 0 Å². The van der Waals surface area contributed by atoms with Crippen LogP contribution in [-0.4, -0.2) is 47.1 Å². The molecule has 1 fully saturated rings. The van der Waals surface area contributed by atoms with Crippen LogP contribution in [0.3, 0.4) is 0 Å². The number of likely N-dealkylation sites (tertiary alicyclic amines) is 1. The van der Waals surface area contributed by atoms with Gasteiger partial charge in [0.2, 0.25) is 5.91 Å². The van der Waals surface area contributed by atoms with Crippen molar-refractivity contribution < 1.29 is 14.7 Å². The van der Waals surface area contributed by atoms with Gasteiger partial charge in [-0.2, -0.15) is 0 Å². The molecule has 1 aliphatic heterocycles. The minimum Gasteiger partial charge on any atom is -0.481 e. The van der Waals surface area contributed by atoms with E-state index in [1.54, 1.807) is 4.90 Å². The molecule has 0 aliphatic carbocycles. The first-order valence-electron chi connectivity index (χ1n) is 6.23. The lowest BCUT2D eigenvalue weighted by Gasteiger charge is -2.24. The van der Waals surface area contributed by atoms with Crippen LogP contribution in [0, 0.1) is 5.92 Å². The summed E-state index contributed by atoms with van der Waals surface area (Å²) < 4.78 is 0. The number of amides is 1. The van der Waals surface area contributed by atoms with E-state index < -0.39 is 11.9 Å². The molecule has 1 amide bonds. The second-order valence-corrected chi connectivity index (χ2v) is 4.75. The number of carbonyl (C=O) groups is 2. The molecular formula is C12H22N2O3. The van der Waals surface area contributed by atoms with Crippen LogP contribution in [0.1, 0.15) is 33.6 Å². The topological polar surface area (TPSA) is 69.6 Å². The Balaban J connectivity index is 2.46. The summed E-state index contributed by atoms with van der Waals surface area (Å²) in [5.74, 6) is -1.22. The quantitative estimate of drug-likeness (QED) is 0.744. The second kappa shape index (κ2) is 6.00. The molecule has 17 heavy (non-hydrogen) atoms. The fourth-order valence-electron chi connectivity index (χ4n) is 2.13. The second-order valence-electron chi connectivity index (χ2n) is 4.75. The van der Waals surface area contributed by atoms with E-state index in [9.17, 15) is 9.59 Å². The fraction of sp³-hybridized carbons (Fsp3) is 0.833. The highest BCUT2D eigenvalue weighted by Gasteiger charge is 2.37. The SMILES string of the molecule is CCC(C)NCC(=O)N1CCC(C(=O)O)C1C. The molecule has 0 aromatic carbocycles. The Labute approximate surface area is 102 Å². The van der Waals surface area contributed by atoms with Gasteiger partial charge >= 0.3 is 5.97 Å². The third-order valence-corrected chi connectivity index (χ3v) is 3.61. The maximum atomic E-state index is 11.9. The van der Waals surface area contributed by atoms with E-state index in [4.69, 9.17) is 5.11 Å². The fourth-order valence-corrected chi connectivity index (χ4v) is 2.13. The van der Waals surface area contributed by atoms with Gasteiger partial charge in [0, 0.05) is 18.6 Å². The lowest BCUT2D eigenvalue weighted by atomic mass is 10.0. The van der Waals surface area contributed by atoms with Crippen molar-refractivity contribution in [2.75, 3.05) is 13.1 Å². The molecule has 0 bridgehead atoms. The van der Waals surface area contributed by atoms with Crippen LogP contribution >= 0.6 is 0 Å². The molecule has 0 aromatic heterocycles. The van der Waals surface area contributed by atoms with Gasteiger partial charge in [-0.05, 0) is 26.7 Å². The highest BCUT2D eigenvalue weighted by Crippen LogP contribution is 2.24. The Morgan fingerprint density at radius 2 is 2.18 bits per heavy atom. The van der Waals surface area contributed by atoms with Gasteiger partial charge in [-0.25, -0.2) is 0 Å². The van der Waals surface area contributed by atoms with Gasteiger partial charge < -0.3 is 15.3 Å². The Morgan fingerprint density at radius 1 is 1.53 bits per heavy atom. The van der Waals surface area contributed by atoms with Crippen LogP contribution in [-0.2, 0) is 9.59 Å². The zero-order valence-corrected chi connectivity index (χ0v) is 10.8. The number of nitrogens with zero attached hydrogens (tertiary/aromatic N) is 1. The number of rotatable bonds is 5.